The minimum absolute atomic E-state index is 0.176. The molecule has 2 N–H and O–H groups in total. The van der Waals surface area contributed by atoms with E-state index in [4.69, 9.17) is 27.3 Å². The van der Waals surface area contributed by atoms with Crippen molar-refractivity contribution in [1.82, 2.24) is 0 Å². The van der Waals surface area contributed by atoms with Crippen LogP contribution in [-0.4, -0.2) is 18.8 Å². The predicted octanol–water partition coefficient (Wildman–Crippen LogP) is 1.57. The van der Waals surface area contributed by atoms with Crippen molar-refractivity contribution in [2.45, 2.75) is 0 Å². The lowest BCUT2D eigenvalue weighted by atomic mass is 10.1. The molecule has 0 aliphatic rings. The summed E-state index contributed by atoms with van der Waals surface area (Å²) >= 11 is 5.43. The normalized spacial score (nSPS) is 9.40. The highest BCUT2D eigenvalue weighted by molar-refractivity contribution is 6.31. The Labute approximate surface area is 92.2 Å². The molecule has 1 rings (SSSR count). The lowest BCUT2D eigenvalue weighted by Gasteiger charge is -2.09. The van der Waals surface area contributed by atoms with Gasteiger partial charge in [-0.1, -0.05) is 0 Å². The van der Waals surface area contributed by atoms with Crippen LogP contribution in [0.25, 0.3) is 0 Å². The zero-order chi connectivity index (χ0) is 11.4. The van der Waals surface area contributed by atoms with Crippen LogP contribution >= 0.6 is 11.6 Å². The number of nitrogen functional groups attached to an aromatic ring is 1. The van der Waals surface area contributed by atoms with Crippen molar-refractivity contribution in [2.24, 2.45) is 0 Å². The Bertz CT molecular complexity index is 438. The lowest BCUT2D eigenvalue weighted by Crippen LogP contribution is -2.06. The van der Waals surface area contributed by atoms with E-state index in [1.165, 1.54) is 19.2 Å². The number of methoxy groups -OCH3 is 1. The fourth-order valence-electron chi connectivity index (χ4n) is 1.22. The average molecular weight is 225 g/mol. The number of ketones is 1. The van der Waals surface area contributed by atoms with Gasteiger partial charge in [-0.2, -0.15) is 5.26 Å². The largest absolute Gasteiger partial charge is 0.494 e. The number of alkyl halides is 1. The molecule has 0 unspecified atom stereocenters. The van der Waals surface area contributed by atoms with E-state index in [0.717, 1.165) is 0 Å². The third-order valence-electron chi connectivity index (χ3n) is 1.87. The Balaban J connectivity index is 3.40. The smallest absolute Gasteiger partial charge is 0.181 e. The number of hydrogen-bond acceptors (Lipinski definition) is 4. The molecule has 0 saturated heterocycles. The highest BCUT2D eigenvalue weighted by Gasteiger charge is 2.15. The van der Waals surface area contributed by atoms with E-state index in [1.807, 2.05) is 6.07 Å². The number of Topliss-reactive ketones (excluding diaryl/α,β-unsaturated/α-hetero) is 1. The first-order valence-corrected chi connectivity index (χ1v) is 4.64. The van der Waals surface area contributed by atoms with E-state index in [-0.39, 0.29) is 28.7 Å². The molecule has 0 aliphatic carbocycles. The summed E-state index contributed by atoms with van der Waals surface area (Å²) in [6.45, 7) is 0. The minimum Gasteiger partial charge on any atom is -0.494 e. The van der Waals surface area contributed by atoms with Crippen molar-refractivity contribution in [2.75, 3.05) is 18.7 Å². The van der Waals surface area contributed by atoms with E-state index < -0.39 is 0 Å². The van der Waals surface area contributed by atoms with Crippen molar-refractivity contribution in [1.29, 1.82) is 5.26 Å². The van der Waals surface area contributed by atoms with Crippen molar-refractivity contribution in [3.63, 3.8) is 0 Å². The van der Waals surface area contributed by atoms with Crippen molar-refractivity contribution in [3.8, 4) is 11.8 Å². The van der Waals surface area contributed by atoms with Crippen LogP contribution in [0.15, 0.2) is 12.1 Å². The van der Waals surface area contributed by atoms with Gasteiger partial charge in [0.15, 0.2) is 11.5 Å². The van der Waals surface area contributed by atoms with E-state index in [9.17, 15) is 4.79 Å². The first-order valence-electron chi connectivity index (χ1n) is 4.10. The van der Waals surface area contributed by atoms with Gasteiger partial charge < -0.3 is 10.5 Å². The van der Waals surface area contributed by atoms with Crippen LogP contribution in [0.3, 0.4) is 0 Å². The Kier molecular flexibility index (Phi) is 3.53. The highest BCUT2D eigenvalue weighted by atomic mass is 35.5. The molecule has 0 saturated carbocycles. The number of halogens is 1. The lowest BCUT2D eigenvalue weighted by molar-refractivity contribution is 0.101. The number of nitrogens with two attached hydrogens (primary N) is 1. The predicted molar refractivity (Wildman–Crippen MR) is 57.2 cm³/mol. The van der Waals surface area contributed by atoms with Crippen LogP contribution in [0, 0.1) is 11.3 Å². The molecule has 0 heterocycles. The molecule has 0 spiro atoms. The number of nitrogens with zero attached hydrogens (tertiary/aromatic N) is 1. The summed E-state index contributed by atoms with van der Waals surface area (Å²) in [5.74, 6) is -0.234. The van der Waals surface area contributed by atoms with Gasteiger partial charge in [0.25, 0.3) is 0 Å². The fraction of sp³-hybridized carbons (Fsp3) is 0.200. The number of anilines is 1. The van der Waals surface area contributed by atoms with Crippen LogP contribution in [-0.2, 0) is 0 Å². The summed E-state index contributed by atoms with van der Waals surface area (Å²) in [6.07, 6.45) is 0. The molecule has 1 aromatic rings. The number of rotatable bonds is 3. The summed E-state index contributed by atoms with van der Waals surface area (Å²) in [5.41, 5.74) is 6.43. The molecule has 15 heavy (non-hydrogen) atoms. The molecule has 5 heteroatoms. The maximum atomic E-state index is 11.4. The second-order valence-electron chi connectivity index (χ2n) is 2.81. The quantitative estimate of drug-likeness (QED) is 0.480. The molecule has 0 aliphatic heterocycles. The average Bonchev–Trinajstić information content (AvgIpc) is 2.26. The third-order valence-corrected chi connectivity index (χ3v) is 2.12. The molecule has 0 amide bonds. The molecule has 0 radical (unpaired) electrons. The number of hydrogen-bond donors (Lipinski definition) is 1. The maximum Gasteiger partial charge on any atom is 0.181 e. The summed E-state index contributed by atoms with van der Waals surface area (Å²) in [5, 5.41) is 8.71. The molecule has 0 aromatic heterocycles. The maximum absolute atomic E-state index is 11.4. The Hall–Kier alpha value is -1.73. The van der Waals surface area contributed by atoms with Gasteiger partial charge in [-0.15, -0.1) is 11.6 Å². The summed E-state index contributed by atoms with van der Waals surface area (Å²) in [4.78, 5) is 11.4. The number of carbonyl (C=O) groups excluding carboxylic acids is 1. The Morgan fingerprint density at radius 3 is 2.80 bits per heavy atom. The number of carbonyl (C=O) groups is 1. The number of benzene rings is 1. The van der Waals surface area contributed by atoms with Crippen LogP contribution in [0.5, 0.6) is 5.75 Å². The van der Waals surface area contributed by atoms with Gasteiger partial charge >= 0.3 is 0 Å². The van der Waals surface area contributed by atoms with E-state index >= 15 is 0 Å². The Morgan fingerprint density at radius 2 is 2.33 bits per heavy atom. The number of ether oxygens (including phenoxy) is 1. The third kappa shape index (κ3) is 2.20. The van der Waals surface area contributed by atoms with Crippen molar-refractivity contribution >= 4 is 23.1 Å². The molecular formula is C10H9ClN2O2. The molecule has 4 nitrogen and oxygen atoms in total. The molecule has 78 valence electrons. The van der Waals surface area contributed by atoms with Crippen LogP contribution < -0.4 is 10.5 Å². The molecule has 0 fully saturated rings. The molecular weight excluding hydrogens is 216 g/mol. The van der Waals surface area contributed by atoms with E-state index in [2.05, 4.69) is 0 Å². The second kappa shape index (κ2) is 4.67. The monoisotopic (exact) mass is 224 g/mol. The van der Waals surface area contributed by atoms with E-state index in [0.29, 0.717) is 5.56 Å². The van der Waals surface area contributed by atoms with Crippen molar-refractivity contribution in [3.05, 3.63) is 23.3 Å². The SMILES string of the molecule is COc1c(N)cc(C#N)cc1C(=O)CCl. The standard InChI is InChI=1S/C10H9ClN2O2/c1-15-10-7(9(14)4-11)2-6(5-12)3-8(10)13/h2-3H,4,13H2,1H3. The van der Waals surface area contributed by atoms with Crippen LogP contribution in [0.2, 0.25) is 0 Å². The van der Waals surface area contributed by atoms with Gasteiger partial charge in [0.1, 0.15) is 0 Å². The zero-order valence-electron chi connectivity index (χ0n) is 8.08. The second-order valence-corrected chi connectivity index (χ2v) is 3.08. The topological polar surface area (TPSA) is 76.1 Å². The fourth-order valence-corrected chi connectivity index (χ4v) is 1.37. The first kappa shape index (κ1) is 11.3. The van der Waals surface area contributed by atoms with Gasteiger partial charge in [0, 0.05) is 0 Å². The van der Waals surface area contributed by atoms with Gasteiger partial charge in [0.2, 0.25) is 0 Å². The zero-order valence-corrected chi connectivity index (χ0v) is 8.84. The van der Waals surface area contributed by atoms with Gasteiger partial charge in [-0.3, -0.25) is 4.79 Å². The molecule has 1 aromatic carbocycles. The van der Waals surface area contributed by atoms with Gasteiger partial charge in [0.05, 0.1) is 35.9 Å². The van der Waals surface area contributed by atoms with Crippen LogP contribution in [0.1, 0.15) is 15.9 Å². The van der Waals surface area contributed by atoms with Gasteiger partial charge in [-0.05, 0) is 12.1 Å². The van der Waals surface area contributed by atoms with Gasteiger partial charge in [-0.25, -0.2) is 0 Å². The first-order chi connectivity index (χ1) is 7.13. The number of nitriles is 1. The Morgan fingerprint density at radius 1 is 1.67 bits per heavy atom. The van der Waals surface area contributed by atoms with Crippen molar-refractivity contribution < 1.29 is 9.53 Å². The molecule has 0 bridgehead atoms. The summed E-state index contributed by atoms with van der Waals surface area (Å²) in [6, 6.07) is 4.77. The summed E-state index contributed by atoms with van der Waals surface area (Å²) in [7, 11) is 1.41. The van der Waals surface area contributed by atoms with E-state index in [1.54, 1.807) is 0 Å². The van der Waals surface area contributed by atoms with Crippen LogP contribution in [0.4, 0.5) is 5.69 Å². The highest BCUT2D eigenvalue weighted by Crippen LogP contribution is 2.28. The minimum atomic E-state index is -0.322. The molecule has 0 atom stereocenters. The summed E-state index contributed by atoms with van der Waals surface area (Å²) < 4.78 is 4.98.